The minimum atomic E-state index is -0.991. The average molecular weight is 491 g/mol. The van der Waals surface area contributed by atoms with Gasteiger partial charge in [-0.1, -0.05) is 23.9 Å². The molecular formula is C25H26N6O3S. The van der Waals surface area contributed by atoms with Gasteiger partial charge in [-0.05, 0) is 31.9 Å². The minimum Gasteiger partial charge on any atom is -0.478 e. The number of para-hydroxylation sites is 1. The number of fused-ring (bicyclic) bond motifs is 2. The van der Waals surface area contributed by atoms with Gasteiger partial charge in [0, 0.05) is 59.6 Å². The van der Waals surface area contributed by atoms with Gasteiger partial charge in [0.25, 0.3) is 0 Å². The molecule has 0 bridgehead atoms. The first-order chi connectivity index (χ1) is 17.0. The molecule has 2 aliphatic rings. The van der Waals surface area contributed by atoms with Crippen molar-refractivity contribution < 1.29 is 14.6 Å². The van der Waals surface area contributed by atoms with Crippen molar-refractivity contribution in [3.05, 3.63) is 54.6 Å². The van der Waals surface area contributed by atoms with Crippen LogP contribution in [-0.4, -0.2) is 62.3 Å². The minimum absolute atomic E-state index is 0.0525. The number of imidazole rings is 1. The second kappa shape index (κ2) is 8.47. The molecule has 1 spiro atoms. The molecule has 2 aliphatic heterocycles. The van der Waals surface area contributed by atoms with Crippen LogP contribution in [0.3, 0.4) is 0 Å². The zero-order valence-corrected chi connectivity index (χ0v) is 20.1. The van der Waals surface area contributed by atoms with Crippen LogP contribution in [0, 0.1) is 5.41 Å². The van der Waals surface area contributed by atoms with Gasteiger partial charge in [-0.3, -0.25) is 9.38 Å². The number of carboxylic acids is 1. The van der Waals surface area contributed by atoms with Crippen molar-refractivity contribution in [3.63, 3.8) is 0 Å². The van der Waals surface area contributed by atoms with E-state index in [1.165, 1.54) is 11.8 Å². The van der Waals surface area contributed by atoms with Crippen LogP contribution >= 0.6 is 11.8 Å². The SMILES string of the molecule is C[C@@H]1OCC2(CCN(c3ncc(Sc4ccnc5c(C(=O)O)cccc45)c4nccn34)CC2)[C@@H]1N. The van der Waals surface area contributed by atoms with Gasteiger partial charge in [0.15, 0.2) is 5.65 Å². The van der Waals surface area contributed by atoms with Crippen LogP contribution in [0.2, 0.25) is 0 Å². The molecule has 0 unspecified atom stereocenters. The number of benzene rings is 1. The molecule has 4 aromatic rings. The number of nitrogens with zero attached hydrogens (tertiary/aromatic N) is 5. The van der Waals surface area contributed by atoms with Crippen LogP contribution in [0.4, 0.5) is 5.95 Å². The summed E-state index contributed by atoms with van der Waals surface area (Å²) in [6.45, 7) is 4.52. The Balaban J connectivity index is 1.30. The summed E-state index contributed by atoms with van der Waals surface area (Å²) in [5.41, 5.74) is 8.02. The van der Waals surface area contributed by atoms with Gasteiger partial charge < -0.3 is 20.5 Å². The smallest absolute Gasteiger partial charge is 0.337 e. The fraction of sp³-hybridized carbons (Fsp3) is 0.360. The Kier molecular flexibility index (Phi) is 5.39. The summed E-state index contributed by atoms with van der Waals surface area (Å²) in [5.74, 6) is -0.125. The quantitative estimate of drug-likeness (QED) is 0.443. The van der Waals surface area contributed by atoms with Gasteiger partial charge in [0.05, 0.1) is 28.7 Å². The highest BCUT2D eigenvalue weighted by molar-refractivity contribution is 7.99. The maximum absolute atomic E-state index is 11.6. The molecule has 2 saturated heterocycles. The van der Waals surface area contributed by atoms with Crippen LogP contribution < -0.4 is 10.6 Å². The Morgan fingerprint density at radius 3 is 2.74 bits per heavy atom. The van der Waals surface area contributed by atoms with Crippen LogP contribution in [0.25, 0.3) is 16.6 Å². The predicted molar refractivity (Wildman–Crippen MR) is 133 cm³/mol. The lowest BCUT2D eigenvalue weighted by Crippen LogP contribution is -2.51. The van der Waals surface area contributed by atoms with Crippen LogP contribution in [0.15, 0.2) is 58.8 Å². The van der Waals surface area contributed by atoms with Crippen LogP contribution in [0.1, 0.15) is 30.1 Å². The van der Waals surface area contributed by atoms with E-state index in [1.807, 2.05) is 28.9 Å². The lowest BCUT2D eigenvalue weighted by Gasteiger charge is -2.41. The number of hydrogen-bond acceptors (Lipinski definition) is 8. The summed E-state index contributed by atoms with van der Waals surface area (Å²) in [4.78, 5) is 29.5. The van der Waals surface area contributed by atoms with E-state index < -0.39 is 5.97 Å². The number of carboxylic acid groups (broad SMARTS) is 1. The summed E-state index contributed by atoms with van der Waals surface area (Å²) in [6, 6.07) is 7.17. The van der Waals surface area contributed by atoms with Crippen molar-refractivity contribution in [2.24, 2.45) is 11.1 Å². The fourth-order valence-electron chi connectivity index (χ4n) is 5.35. The predicted octanol–water partition coefficient (Wildman–Crippen LogP) is 3.46. The summed E-state index contributed by atoms with van der Waals surface area (Å²) in [7, 11) is 0. The number of piperidine rings is 1. The lowest BCUT2D eigenvalue weighted by atomic mass is 9.73. The fourth-order valence-corrected chi connectivity index (χ4v) is 6.33. The van der Waals surface area contributed by atoms with E-state index in [0.29, 0.717) is 5.52 Å². The summed E-state index contributed by atoms with van der Waals surface area (Å²) >= 11 is 1.51. The van der Waals surface area contributed by atoms with Crippen molar-refractivity contribution >= 4 is 40.2 Å². The number of aromatic nitrogens is 4. The largest absolute Gasteiger partial charge is 0.478 e. The zero-order valence-electron chi connectivity index (χ0n) is 19.3. The van der Waals surface area contributed by atoms with E-state index in [9.17, 15) is 9.90 Å². The van der Waals surface area contributed by atoms with E-state index >= 15 is 0 Å². The van der Waals surface area contributed by atoms with Crippen molar-refractivity contribution in [2.45, 2.75) is 41.7 Å². The molecule has 3 N–H and O–H groups in total. The molecule has 9 nitrogen and oxygen atoms in total. The number of hydrogen-bond donors (Lipinski definition) is 2. The third-order valence-electron chi connectivity index (χ3n) is 7.44. The molecular weight excluding hydrogens is 464 g/mol. The molecule has 10 heteroatoms. The molecule has 5 heterocycles. The molecule has 6 rings (SSSR count). The highest BCUT2D eigenvalue weighted by Gasteiger charge is 2.47. The Hall–Kier alpha value is -3.21. The molecule has 2 fully saturated rings. The molecule has 35 heavy (non-hydrogen) atoms. The van der Waals surface area contributed by atoms with Gasteiger partial charge >= 0.3 is 5.97 Å². The van der Waals surface area contributed by atoms with E-state index in [1.54, 1.807) is 24.5 Å². The third kappa shape index (κ3) is 3.64. The van der Waals surface area contributed by atoms with Gasteiger partial charge in [-0.15, -0.1) is 0 Å². The number of ether oxygens (including phenoxy) is 1. The van der Waals surface area contributed by atoms with Crippen molar-refractivity contribution in [3.8, 4) is 0 Å². The van der Waals surface area contributed by atoms with E-state index in [4.69, 9.17) is 15.5 Å². The van der Waals surface area contributed by atoms with Gasteiger partial charge in [0.1, 0.15) is 0 Å². The van der Waals surface area contributed by atoms with Crippen LogP contribution in [-0.2, 0) is 4.74 Å². The highest BCUT2D eigenvalue weighted by atomic mass is 32.2. The Bertz CT molecular complexity index is 1430. The number of rotatable bonds is 4. The maximum Gasteiger partial charge on any atom is 0.337 e. The van der Waals surface area contributed by atoms with Crippen molar-refractivity contribution in [1.82, 2.24) is 19.4 Å². The number of pyridine rings is 1. The lowest BCUT2D eigenvalue weighted by molar-refractivity contribution is 0.0698. The van der Waals surface area contributed by atoms with Crippen molar-refractivity contribution in [2.75, 3.05) is 24.6 Å². The molecule has 0 saturated carbocycles. The maximum atomic E-state index is 11.6. The summed E-state index contributed by atoms with van der Waals surface area (Å²) < 4.78 is 7.89. The first-order valence-electron chi connectivity index (χ1n) is 11.7. The summed E-state index contributed by atoms with van der Waals surface area (Å²) in [5, 5.41) is 10.3. The van der Waals surface area contributed by atoms with Gasteiger partial charge in [0.2, 0.25) is 5.95 Å². The second-order valence-electron chi connectivity index (χ2n) is 9.35. The van der Waals surface area contributed by atoms with Gasteiger partial charge in [-0.2, -0.15) is 0 Å². The molecule has 1 aromatic carbocycles. The highest BCUT2D eigenvalue weighted by Crippen LogP contribution is 2.42. The first kappa shape index (κ1) is 22.3. The molecule has 0 radical (unpaired) electrons. The van der Waals surface area contributed by atoms with Crippen LogP contribution in [0.5, 0.6) is 0 Å². The van der Waals surface area contributed by atoms with Crippen molar-refractivity contribution in [1.29, 1.82) is 0 Å². The Morgan fingerprint density at radius 1 is 1.17 bits per heavy atom. The molecule has 180 valence electrons. The van der Waals surface area contributed by atoms with E-state index in [0.717, 1.165) is 59.3 Å². The standard InChI is InChI=1S/C25H26N6O3S/c1-15-21(26)25(14-34-15)6-10-30(11-7-25)24-29-13-19(22-28-9-12-31(22)24)35-18-5-8-27-20-16(18)3-2-4-17(20)23(32)33/h2-5,8-9,12-13,15,21H,6-7,10-11,14,26H2,1H3,(H,32,33)/t15-,21+/m0/s1. The molecule has 3 aromatic heterocycles. The number of aromatic carboxylic acids is 1. The average Bonchev–Trinajstić information content (AvgIpc) is 3.47. The number of carbonyl (C=O) groups is 1. The molecule has 2 atom stereocenters. The Morgan fingerprint density at radius 2 is 2.00 bits per heavy atom. The number of anilines is 1. The van der Waals surface area contributed by atoms with E-state index in [2.05, 4.69) is 21.8 Å². The Labute approximate surface area is 206 Å². The third-order valence-corrected chi connectivity index (χ3v) is 8.53. The topological polar surface area (TPSA) is 119 Å². The number of nitrogens with two attached hydrogens (primary N) is 1. The zero-order chi connectivity index (χ0) is 24.2. The second-order valence-corrected chi connectivity index (χ2v) is 10.4. The first-order valence-corrected chi connectivity index (χ1v) is 12.5. The molecule has 0 amide bonds. The van der Waals surface area contributed by atoms with E-state index in [-0.39, 0.29) is 23.1 Å². The molecule has 0 aliphatic carbocycles. The monoisotopic (exact) mass is 490 g/mol. The summed E-state index contributed by atoms with van der Waals surface area (Å²) in [6.07, 6.45) is 9.27. The normalized spacial score (nSPS) is 21.8. The van der Waals surface area contributed by atoms with Gasteiger partial charge in [-0.25, -0.2) is 14.8 Å².